The Bertz CT molecular complexity index is 887. The van der Waals surface area contributed by atoms with Gasteiger partial charge >= 0.3 is 0 Å². The van der Waals surface area contributed by atoms with E-state index in [9.17, 15) is 5.11 Å². The molecule has 8 heteroatoms. The van der Waals surface area contributed by atoms with Gasteiger partial charge in [-0.1, -0.05) is 48.2 Å². The second-order valence-corrected chi connectivity index (χ2v) is 7.68. The van der Waals surface area contributed by atoms with Gasteiger partial charge in [0, 0.05) is 18.8 Å². The molecule has 28 heavy (non-hydrogen) atoms. The Labute approximate surface area is 169 Å². The molecule has 2 aromatic carbocycles. The standard InChI is InChI=1S/C20H25N5O2S/c1-15-9-10-19(27-3)18(11-15)25-20(21-22-23-25)28-14-17(26)13-24(2)12-16-7-5-4-6-8-16/h4-11,17,26H,12-14H2,1-3H3. The Kier molecular flexibility index (Phi) is 7.02. The SMILES string of the molecule is COc1ccc(C)cc1-n1nnnc1SCC(O)CN(C)Cc1ccccc1. The smallest absolute Gasteiger partial charge is 0.214 e. The number of rotatable bonds is 9. The maximum Gasteiger partial charge on any atom is 0.214 e. The van der Waals surface area contributed by atoms with Crippen molar-refractivity contribution in [2.75, 3.05) is 26.5 Å². The summed E-state index contributed by atoms with van der Waals surface area (Å²) in [4.78, 5) is 2.10. The average Bonchev–Trinajstić information content (AvgIpc) is 3.15. The number of methoxy groups -OCH3 is 1. The number of thioether (sulfide) groups is 1. The van der Waals surface area contributed by atoms with Crippen molar-refractivity contribution in [1.82, 2.24) is 25.1 Å². The summed E-state index contributed by atoms with van der Waals surface area (Å²) in [6.07, 6.45) is -0.497. The van der Waals surface area contributed by atoms with E-state index in [2.05, 4.69) is 32.6 Å². The maximum atomic E-state index is 10.4. The molecule has 0 spiro atoms. The first kappa shape index (κ1) is 20.3. The van der Waals surface area contributed by atoms with Crippen LogP contribution in [0.2, 0.25) is 0 Å². The molecule has 1 atom stereocenters. The first-order valence-electron chi connectivity index (χ1n) is 9.03. The van der Waals surface area contributed by atoms with Gasteiger partial charge in [0.25, 0.3) is 0 Å². The molecule has 0 aliphatic heterocycles. The molecule has 3 aromatic rings. The maximum absolute atomic E-state index is 10.4. The first-order valence-corrected chi connectivity index (χ1v) is 10.0. The lowest BCUT2D eigenvalue weighted by Crippen LogP contribution is -2.30. The Balaban J connectivity index is 1.60. The highest BCUT2D eigenvalue weighted by atomic mass is 32.2. The van der Waals surface area contributed by atoms with Gasteiger partial charge in [0.2, 0.25) is 5.16 Å². The lowest BCUT2D eigenvalue weighted by atomic mass is 10.2. The Morgan fingerprint density at radius 1 is 1.21 bits per heavy atom. The summed E-state index contributed by atoms with van der Waals surface area (Å²) in [7, 11) is 3.63. The fourth-order valence-electron chi connectivity index (χ4n) is 2.93. The van der Waals surface area contributed by atoms with Gasteiger partial charge in [-0.25, -0.2) is 0 Å². The highest BCUT2D eigenvalue weighted by molar-refractivity contribution is 7.99. The largest absolute Gasteiger partial charge is 0.494 e. The number of aryl methyl sites for hydroxylation is 1. The molecule has 1 unspecified atom stereocenters. The van der Waals surface area contributed by atoms with E-state index in [1.807, 2.05) is 50.4 Å². The number of aliphatic hydroxyl groups is 1. The van der Waals surface area contributed by atoms with Gasteiger partial charge in [-0.05, 0) is 47.7 Å². The van der Waals surface area contributed by atoms with Crippen molar-refractivity contribution in [2.45, 2.75) is 24.7 Å². The molecular weight excluding hydrogens is 374 g/mol. The third-order valence-corrected chi connectivity index (χ3v) is 5.29. The van der Waals surface area contributed by atoms with Crippen LogP contribution in [-0.4, -0.2) is 62.8 Å². The highest BCUT2D eigenvalue weighted by Crippen LogP contribution is 2.27. The quantitative estimate of drug-likeness (QED) is 0.554. The van der Waals surface area contributed by atoms with E-state index >= 15 is 0 Å². The lowest BCUT2D eigenvalue weighted by molar-refractivity contribution is 0.142. The van der Waals surface area contributed by atoms with Crippen LogP contribution in [0.4, 0.5) is 0 Å². The van der Waals surface area contributed by atoms with Gasteiger partial charge in [0.15, 0.2) is 0 Å². The minimum atomic E-state index is -0.497. The van der Waals surface area contributed by atoms with Crippen molar-refractivity contribution in [3.8, 4) is 11.4 Å². The fourth-order valence-corrected chi connectivity index (χ4v) is 3.73. The number of ether oxygens (including phenoxy) is 1. The van der Waals surface area contributed by atoms with Crippen LogP contribution < -0.4 is 4.74 Å². The number of tetrazole rings is 1. The Morgan fingerprint density at radius 2 is 2.00 bits per heavy atom. The molecule has 148 valence electrons. The third-order valence-electron chi connectivity index (χ3n) is 4.23. The zero-order valence-corrected chi connectivity index (χ0v) is 17.1. The number of hydrogen-bond acceptors (Lipinski definition) is 7. The summed E-state index contributed by atoms with van der Waals surface area (Å²) in [5, 5.41) is 23.0. The molecule has 7 nitrogen and oxygen atoms in total. The molecular formula is C20H25N5O2S. The second kappa shape index (κ2) is 9.68. The third kappa shape index (κ3) is 5.31. The number of aliphatic hydroxyl groups excluding tert-OH is 1. The molecule has 1 aromatic heterocycles. The number of likely N-dealkylation sites (N-methyl/N-ethyl adjacent to an activating group) is 1. The van der Waals surface area contributed by atoms with E-state index in [4.69, 9.17) is 4.74 Å². The molecule has 1 N–H and O–H groups in total. The van der Waals surface area contributed by atoms with Gasteiger partial charge in [0.05, 0.1) is 13.2 Å². The summed E-state index contributed by atoms with van der Waals surface area (Å²) in [5.41, 5.74) is 3.09. The molecule has 0 saturated carbocycles. The number of hydrogen-bond donors (Lipinski definition) is 1. The molecule has 0 bridgehead atoms. The van der Waals surface area contributed by atoms with Crippen LogP contribution in [0, 0.1) is 6.92 Å². The van der Waals surface area contributed by atoms with Crippen molar-refractivity contribution in [3.63, 3.8) is 0 Å². The molecule has 0 amide bonds. The van der Waals surface area contributed by atoms with Crippen molar-refractivity contribution >= 4 is 11.8 Å². The van der Waals surface area contributed by atoms with Gasteiger partial charge < -0.3 is 9.84 Å². The number of benzene rings is 2. The normalized spacial score (nSPS) is 12.3. The van der Waals surface area contributed by atoms with Gasteiger partial charge in [0.1, 0.15) is 11.4 Å². The van der Waals surface area contributed by atoms with E-state index in [1.54, 1.807) is 11.8 Å². The molecule has 0 aliphatic carbocycles. The topological polar surface area (TPSA) is 76.3 Å². The van der Waals surface area contributed by atoms with E-state index in [0.29, 0.717) is 23.2 Å². The number of aromatic nitrogens is 4. The fraction of sp³-hybridized carbons (Fsp3) is 0.350. The molecule has 3 rings (SSSR count). The van der Waals surface area contributed by atoms with Gasteiger partial charge in [-0.2, -0.15) is 4.68 Å². The van der Waals surface area contributed by atoms with E-state index in [0.717, 1.165) is 17.8 Å². The predicted octanol–water partition coefficient (Wildman–Crippen LogP) is 2.56. The first-order chi connectivity index (χ1) is 13.6. The van der Waals surface area contributed by atoms with Crippen LogP contribution in [0.15, 0.2) is 53.7 Å². The monoisotopic (exact) mass is 399 g/mol. The predicted molar refractivity (Wildman–Crippen MR) is 110 cm³/mol. The molecule has 0 radical (unpaired) electrons. The number of nitrogens with zero attached hydrogens (tertiary/aromatic N) is 5. The second-order valence-electron chi connectivity index (χ2n) is 6.70. The van der Waals surface area contributed by atoms with E-state index in [-0.39, 0.29) is 0 Å². The van der Waals surface area contributed by atoms with Crippen LogP contribution in [0.25, 0.3) is 5.69 Å². The zero-order valence-electron chi connectivity index (χ0n) is 16.3. The van der Waals surface area contributed by atoms with E-state index in [1.165, 1.54) is 17.3 Å². The minimum Gasteiger partial charge on any atom is -0.494 e. The zero-order chi connectivity index (χ0) is 19.9. The summed E-state index contributed by atoms with van der Waals surface area (Å²) in [5.74, 6) is 1.19. The minimum absolute atomic E-state index is 0.494. The van der Waals surface area contributed by atoms with Gasteiger partial charge in [-0.15, -0.1) is 5.10 Å². The van der Waals surface area contributed by atoms with Crippen molar-refractivity contribution in [2.24, 2.45) is 0 Å². The summed E-state index contributed by atoms with van der Waals surface area (Å²) in [6, 6.07) is 16.1. The molecule has 0 saturated heterocycles. The molecule has 1 heterocycles. The highest BCUT2D eigenvalue weighted by Gasteiger charge is 2.16. The van der Waals surface area contributed by atoms with Crippen molar-refractivity contribution in [1.29, 1.82) is 0 Å². The van der Waals surface area contributed by atoms with Crippen molar-refractivity contribution in [3.05, 3.63) is 59.7 Å². The molecule has 0 fully saturated rings. The average molecular weight is 400 g/mol. The van der Waals surface area contributed by atoms with Crippen LogP contribution in [0.1, 0.15) is 11.1 Å². The van der Waals surface area contributed by atoms with Crippen LogP contribution in [0.3, 0.4) is 0 Å². The lowest BCUT2D eigenvalue weighted by Gasteiger charge is -2.20. The Hall–Kier alpha value is -2.42. The van der Waals surface area contributed by atoms with Crippen LogP contribution in [0.5, 0.6) is 5.75 Å². The summed E-state index contributed by atoms with van der Waals surface area (Å²) >= 11 is 1.42. The summed E-state index contributed by atoms with van der Waals surface area (Å²) in [6.45, 7) is 3.37. The molecule has 0 aliphatic rings. The van der Waals surface area contributed by atoms with Gasteiger partial charge in [-0.3, -0.25) is 4.90 Å². The van der Waals surface area contributed by atoms with E-state index < -0.39 is 6.10 Å². The van der Waals surface area contributed by atoms with Crippen LogP contribution in [-0.2, 0) is 6.54 Å². The van der Waals surface area contributed by atoms with Crippen LogP contribution >= 0.6 is 11.8 Å². The van der Waals surface area contributed by atoms with Crippen molar-refractivity contribution < 1.29 is 9.84 Å². The summed E-state index contributed by atoms with van der Waals surface area (Å²) < 4.78 is 7.08. The Morgan fingerprint density at radius 3 is 2.75 bits per heavy atom.